The summed E-state index contributed by atoms with van der Waals surface area (Å²) in [5.41, 5.74) is 4.97. The molecule has 0 saturated heterocycles. The van der Waals surface area contributed by atoms with E-state index in [1.54, 1.807) is 24.9 Å². The third-order valence-electron chi connectivity index (χ3n) is 9.94. The second kappa shape index (κ2) is 18.8. The van der Waals surface area contributed by atoms with Crippen LogP contribution in [0.2, 0.25) is 0 Å². The van der Waals surface area contributed by atoms with Gasteiger partial charge in [-0.3, -0.25) is 4.18 Å². The molecule has 0 aliphatic heterocycles. The van der Waals surface area contributed by atoms with E-state index in [1.807, 2.05) is 159 Å². The summed E-state index contributed by atoms with van der Waals surface area (Å²) in [4.78, 5) is 4.70. The first-order chi connectivity index (χ1) is 28.6. The number of methoxy groups -OCH3 is 2. The molecule has 2 heterocycles. The molecule has 12 heteroatoms. The molecule has 3 atom stereocenters. The summed E-state index contributed by atoms with van der Waals surface area (Å²) in [7, 11) is -0.910. The van der Waals surface area contributed by atoms with Crippen LogP contribution in [0.15, 0.2) is 158 Å². The Morgan fingerprint density at radius 1 is 0.678 bits per heavy atom. The highest BCUT2D eigenvalue weighted by Gasteiger charge is 2.42. The van der Waals surface area contributed by atoms with Crippen LogP contribution in [0, 0.1) is 6.92 Å². The SMILES string of the molecule is COc1ccc(CO[C@H]([C@H](OCc2ccc(OC)cc2)c2cnc3cc(C)nn3c2)[C@@H](COC(c2ccccc2)(c2ccccc2)c2ccccc2)OS(C)(=O)=O)cc1. The van der Waals surface area contributed by atoms with E-state index >= 15 is 0 Å². The summed E-state index contributed by atoms with van der Waals surface area (Å²) in [5.74, 6) is 1.39. The lowest BCUT2D eigenvalue weighted by molar-refractivity contribution is -0.150. The largest absolute Gasteiger partial charge is 0.497 e. The Hall–Kier alpha value is -5.89. The van der Waals surface area contributed by atoms with Crippen molar-refractivity contribution >= 4 is 15.8 Å². The third kappa shape index (κ3) is 10.0. The molecule has 0 unspecified atom stereocenters. The van der Waals surface area contributed by atoms with Gasteiger partial charge in [0.2, 0.25) is 0 Å². The van der Waals surface area contributed by atoms with E-state index in [0.717, 1.165) is 39.8 Å². The maximum atomic E-state index is 13.4. The van der Waals surface area contributed by atoms with E-state index in [4.69, 9.17) is 32.9 Å². The number of ether oxygens (including phenoxy) is 5. The maximum absolute atomic E-state index is 13.4. The molecule has 304 valence electrons. The normalized spacial score (nSPS) is 13.5. The van der Waals surface area contributed by atoms with Crippen LogP contribution in [0.25, 0.3) is 5.65 Å². The Labute approximate surface area is 345 Å². The molecule has 7 rings (SSSR count). The van der Waals surface area contributed by atoms with Gasteiger partial charge in [0.25, 0.3) is 10.1 Å². The van der Waals surface area contributed by atoms with Gasteiger partial charge in [0.1, 0.15) is 35.4 Å². The van der Waals surface area contributed by atoms with Crippen LogP contribution < -0.4 is 9.47 Å². The van der Waals surface area contributed by atoms with Crippen LogP contribution in [-0.2, 0) is 47.3 Å². The van der Waals surface area contributed by atoms with Gasteiger partial charge in [-0.2, -0.15) is 13.5 Å². The summed E-state index contributed by atoms with van der Waals surface area (Å²) >= 11 is 0. The van der Waals surface area contributed by atoms with Crippen LogP contribution >= 0.6 is 0 Å². The Morgan fingerprint density at radius 3 is 1.64 bits per heavy atom. The van der Waals surface area contributed by atoms with Gasteiger partial charge in [0.05, 0.1) is 46.0 Å². The lowest BCUT2D eigenvalue weighted by Crippen LogP contribution is -2.45. The molecule has 11 nitrogen and oxygen atoms in total. The number of rotatable bonds is 19. The van der Waals surface area contributed by atoms with Crippen molar-refractivity contribution in [3.8, 4) is 11.5 Å². The number of nitrogens with zero attached hydrogens (tertiary/aromatic N) is 3. The average molecular weight is 814 g/mol. The summed E-state index contributed by atoms with van der Waals surface area (Å²) in [6.45, 7) is 1.83. The highest BCUT2D eigenvalue weighted by molar-refractivity contribution is 7.86. The lowest BCUT2D eigenvalue weighted by atomic mass is 9.80. The standard InChI is InChI=1S/C47H47N3O8S/c1-34-28-44-48-29-37(30-50(44)49-34)45(55-31-35-20-24-41(53-2)25-21-35)46(56-32-36-22-26-42(54-3)27-23-36)43(58-59(4,51)52)33-57-47(38-14-8-5-9-15-38,39-16-10-6-11-17-39)40-18-12-7-13-19-40/h5-30,43,45-46H,31-33H2,1-4H3/t43-,45-,46+/m1/s1. The summed E-state index contributed by atoms with van der Waals surface area (Å²) in [6.07, 6.45) is 1.23. The molecule has 0 radical (unpaired) electrons. The number of fused-ring (bicyclic) bond motifs is 1. The van der Waals surface area contributed by atoms with Crippen molar-refractivity contribution in [2.24, 2.45) is 0 Å². The molecule has 0 saturated carbocycles. The molecule has 0 aliphatic carbocycles. The van der Waals surface area contributed by atoms with Crippen molar-refractivity contribution in [1.29, 1.82) is 0 Å². The number of benzene rings is 5. The molecular formula is C47H47N3O8S. The molecule has 2 aromatic heterocycles. The molecule has 5 aromatic carbocycles. The number of hydrogen-bond donors (Lipinski definition) is 0. The number of aryl methyl sites for hydroxylation is 1. The van der Waals surface area contributed by atoms with Crippen molar-refractivity contribution in [3.05, 3.63) is 197 Å². The van der Waals surface area contributed by atoms with Crippen molar-refractivity contribution < 1.29 is 36.3 Å². The zero-order valence-corrected chi connectivity index (χ0v) is 34.2. The van der Waals surface area contributed by atoms with Crippen LogP contribution in [0.4, 0.5) is 0 Å². The predicted octanol–water partition coefficient (Wildman–Crippen LogP) is 8.25. The van der Waals surface area contributed by atoms with Crippen molar-refractivity contribution in [2.45, 2.75) is 44.1 Å². The van der Waals surface area contributed by atoms with Crippen molar-refractivity contribution in [1.82, 2.24) is 14.6 Å². The highest BCUT2D eigenvalue weighted by Crippen LogP contribution is 2.41. The second-order valence-electron chi connectivity index (χ2n) is 14.1. The first kappa shape index (κ1) is 41.3. The Kier molecular flexibility index (Phi) is 13.1. The second-order valence-corrected chi connectivity index (χ2v) is 15.7. The van der Waals surface area contributed by atoms with Gasteiger partial charge in [0, 0.05) is 24.0 Å². The van der Waals surface area contributed by atoms with Crippen LogP contribution in [0.1, 0.15) is 45.2 Å². The Bertz CT molecular complexity index is 2400. The van der Waals surface area contributed by atoms with Crippen molar-refractivity contribution in [3.63, 3.8) is 0 Å². The van der Waals surface area contributed by atoms with Crippen LogP contribution in [0.5, 0.6) is 11.5 Å². The molecular weight excluding hydrogens is 767 g/mol. The van der Waals surface area contributed by atoms with E-state index in [2.05, 4.69) is 5.10 Å². The van der Waals surface area contributed by atoms with Gasteiger partial charge in [-0.15, -0.1) is 0 Å². The number of hydrogen-bond acceptors (Lipinski definition) is 10. The Balaban J connectivity index is 1.36. The monoisotopic (exact) mass is 813 g/mol. The molecule has 59 heavy (non-hydrogen) atoms. The predicted molar refractivity (Wildman–Crippen MR) is 225 cm³/mol. The number of aromatic nitrogens is 3. The zero-order chi connectivity index (χ0) is 41.2. The van der Waals surface area contributed by atoms with E-state index in [1.165, 1.54) is 0 Å². The molecule has 0 spiro atoms. The van der Waals surface area contributed by atoms with Crippen LogP contribution in [-0.4, -0.2) is 62.3 Å². The molecule has 0 fully saturated rings. The fourth-order valence-electron chi connectivity index (χ4n) is 7.13. The first-order valence-electron chi connectivity index (χ1n) is 19.1. The van der Waals surface area contributed by atoms with Gasteiger partial charge in [-0.05, 0) is 59.0 Å². The van der Waals surface area contributed by atoms with E-state index in [-0.39, 0.29) is 19.8 Å². The zero-order valence-electron chi connectivity index (χ0n) is 33.4. The molecule has 0 aliphatic rings. The smallest absolute Gasteiger partial charge is 0.264 e. The molecule has 0 N–H and O–H groups in total. The molecule has 0 amide bonds. The van der Waals surface area contributed by atoms with Gasteiger partial charge < -0.3 is 23.7 Å². The first-order valence-corrected chi connectivity index (χ1v) is 21.0. The molecule has 0 bridgehead atoms. The van der Waals surface area contributed by atoms with E-state index in [9.17, 15) is 8.42 Å². The maximum Gasteiger partial charge on any atom is 0.264 e. The minimum atomic E-state index is -4.12. The van der Waals surface area contributed by atoms with Gasteiger partial charge in [-0.1, -0.05) is 115 Å². The van der Waals surface area contributed by atoms with Crippen LogP contribution in [0.3, 0.4) is 0 Å². The summed E-state index contributed by atoms with van der Waals surface area (Å²) in [5, 5.41) is 4.62. The highest BCUT2D eigenvalue weighted by atomic mass is 32.2. The lowest BCUT2D eigenvalue weighted by Gasteiger charge is -2.39. The van der Waals surface area contributed by atoms with Crippen molar-refractivity contribution in [2.75, 3.05) is 27.1 Å². The summed E-state index contributed by atoms with van der Waals surface area (Å²) < 4.78 is 66.1. The average Bonchev–Trinajstić information content (AvgIpc) is 3.65. The topological polar surface area (TPSA) is 120 Å². The van der Waals surface area contributed by atoms with Gasteiger partial charge >= 0.3 is 0 Å². The summed E-state index contributed by atoms with van der Waals surface area (Å²) in [6, 6.07) is 46.4. The van der Waals surface area contributed by atoms with E-state index in [0.29, 0.717) is 22.7 Å². The van der Waals surface area contributed by atoms with Gasteiger partial charge in [-0.25, -0.2) is 9.50 Å². The third-order valence-corrected chi connectivity index (χ3v) is 10.5. The minimum Gasteiger partial charge on any atom is -0.497 e. The Morgan fingerprint density at radius 2 is 1.17 bits per heavy atom. The fourth-order valence-corrected chi connectivity index (χ4v) is 7.74. The quantitative estimate of drug-likeness (QED) is 0.0584. The minimum absolute atomic E-state index is 0.0679. The molecule has 7 aromatic rings. The van der Waals surface area contributed by atoms with E-state index < -0.39 is 34.0 Å². The van der Waals surface area contributed by atoms with Gasteiger partial charge in [0.15, 0.2) is 5.65 Å². The fraction of sp³-hybridized carbons (Fsp3) is 0.234.